The number of nitrogens with zero attached hydrogens (tertiary/aromatic N) is 1. The predicted octanol–water partition coefficient (Wildman–Crippen LogP) is 3.41. The number of carboxylic acids is 1. The molecule has 0 radical (unpaired) electrons. The van der Waals surface area contributed by atoms with Crippen LogP contribution in [0.15, 0.2) is 47.3 Å². The van der Waals surface area contributed by atoms with Gasteiger partial charge in [0.1, 0.15) is 11.3 Å². The van der Waals surface area contributed by atoms with Crippen molar-refractivity contribution < 1.29 is 19.8 Å². The number of carboxylic acid groups (broad SMARTS) is 1. The van der Waals surface area contributed by atoms with E-state index in [0.717, 1.165) is 25.1 Å². The highest BCUT2D eigenvalue weighted by molar-refractivity contribution is 6.09. The van der Waals surface area contributed by atoms with Crippen molar-refractivity contribution in [3.05, 3.63) is 63.9 Å². The van der Waals surface area contributed by atoms with E-state index in [1.165, 1.54) is 35.9 Å². The highest BCUT2D eigenvalue weighted by Crippen LogP contribution is 2.29. The van der Waals surface area contributed by atoms with Crippen molar-refractivity contribution in [3.8, 4) is 5.75 Å². The third-order valence-corrected chi connectivity index (χ3v) is 4.84. The van der Waals surface area contributed by atoms with E-state index in [-0.39, 0.29) is 11.1 Å². The number of fused-ring (bicyclic) bond motifs is 1. The Morgan fingerprint density at radius 1 is 1.07 bits per heavy atom. The molecule has 1 aromatic heterocycles. The van der Waals surface area contributed by atoms with E-state index < -0.39 is 23.2 Å². The van der Waals surface area contributed by atoms with Gasteiger partial charge in [-0.3, -0.25) is 9.59 Å². The van der Waals surface area contributed by atoms with E-state index in [0.29, 0.717) is 16.6 Å². The van der Waals surface area contributed by atoms with E-state index >= 15 is 0 Å². The van der Waals surface area contributed by atoms with Crippen LogP contribution >= 0.6 is 0 Å². The van der Waals surface area contributed by atoms with Crippen LogP contribution in [-0.2, 0) is 7.05 Å². The number of anilines is 2. The lowest BCUT2D eigenvalue weighted by atomic mass is 10.1. The molecule has 1 amide bonds. The quantitative estimate of drug-likeness (QED) is 0.444. The van der Waals surface area contributed by atoms with E-state index in [4.69, 9.17) is 5.11 Å². The van der Waals surface area contributed by atoms with E-state index in [1.807, 2.05) is 6.07 Å². The van der Waals surface area contributed by atoms with Crippen LogP contribution in [0.1, 0.15) is 40.5 Å². The maximum Gasteiger partial charge on any atom is 0.335 e. The van der Waals surface area contributed by atoms with Crippen LogP contribution in [-0.4, -0.2) is 33.2 Å². The Morgan fingerprint density at radius 3 is 2.37 bits per heavy atom. The van der Waals surface area contributed by atoms with Crippen LogP contribution in [0, 0.1) is 0 Å². The van der Waals surface area contributed by atoms with Gasteiger partial charge in [-0.25, -0.2) is 4.79 Å². The van der Waals surface area contributed by atoms with Crippen molar-refractivity contribution in [1.29, 1.82) is 0 Å². The maximum absolute atomic E-state index is 12.7. The second kappa shape index (κ2) is 8.69. The van der Waals surface area contributed by atoms with Crippen molar-refractivity contribution in [1.82, 2.24) is 4.57 Å². The molecule has 0 aliphatic rings. The van der Waals surface area contributed by atoms with Crippen molar-refractivity contribution in [2.75, 3.05) is 17.2 Å². The molecule has 0 fully saturated rings. The molecule has 0 aliphatic heterocycles. The Labute approximate surface area is 172 Å². The lowest BCUT2D eigenvalue weighted by Crippen LogP contribution is -2.28. The monoisotopic (exact) mass is 409 g/mol. The first kappa shape index (κ1) is 20.9. The van der Waals surface area contributed by atoms with E-state index in [9.17, 15) is 19.5 Å². The van der Waals surface area contributed by atoms with Gasteiger partial charge in [0, 0.05) is 30.4 Å². The Morgan fingerprint density at radius 2 is 1.73 bits per heavy atom. The van der Waals surface area contributed by atoms with Crippen LogP contribution in [0.5, 0.6) is 5.75 Å². The number of amides is 1. The minimum Gasteiger partial charge on any atom is -0.506 e. The van der Waals surface area contributed by atoms with Gasteiger partial charge in [-0.05, 0) is 48.9 Å². The number of aromatic hydroxyl groups is 1. The summed E-state index contributed by atoms with van der Waals surface area (Å²) in [5.41, 5.74) is 0.646. The molecule has 156 valence electrons. The second-order valence-corrected chi connectivity index (χ2v) is 6.94. The summed E-state index contributed by atoms with van der Waals surface area (Å²) >= 11 is 0. The Bertz CT molecular complexity index is 1170. The van der Waals surface area contributed by atoms with Gasteiger partial charge >= 0.3 is 5.97 Å². The molecule has 8 nitrogen and oxygen atoms in total. The number of unbranched alkanes of at least 4 members (excludes halogenated alkanes) is 1. The van der Waals surface area contributed by atoms with Gasteiger partial charge in [-0.15, -0.1) is 0 Å². The zero-order chi connectivity index (χ0) is 21.8. The average molecular weight is 409 g/mol. The summed E-state index contributed by atoms with van der Waals surface area (Å²) < 4.78 is 1.31. The standard InChI is InChI=1S/C22H23N3O5/c1-3-4-11-23-15-9-10-17-16(12-15)19(26)18(21(28)25(17)2)20(27)24-14-7-5-13(6-8-14)22(29)30/h5-10,12,23,26H,3-4,11H2,1-2H3,(H,24,27)(H,29,30). The Balaban J connectivity index is 1.98. The number of aromatic nitrogens is 1. The molecule has 0 bridgehead atoms. The predicted molar refractivity (Wildman–Crippen MR) is 116 cm³/mol. The lowest BCUT2D eigenvalue weighted by molar-refractivity contribution is 0.0696. The highest BCUT2D eigenvalue weighted by atomic mass is 16.4. The molecule has 0 saturated carbocycles. The fourth-order valence-corrected chi connectivity index (χ4v) is 3.15. The van der Waals surface area contributed by atoms with Crippen LogP contribution in [0.25, 0.3) is 10.9 Å². The van der Waals surface area contributed by atoms with Gasteiger partial charge in [0.2, 0.25) is 0 Å². The third kappa shape index (κ3) is 4.12. The van der Waals surface area contributed by atoms with Crippen molar-refractivity contribution in [2.45, 2.75) is 19.8 Å². The molecular weight excluding hydrogens is 386 g/mol. The van der Waals surface area contributed by atoms with E-state index in [2.05, 4.69) is 17.6 Å². The van der Waals surface area contributed by atoms with Crippen LogP contribution in [0.2, 0.25) is 0 Å². The number of aryl methyl sites for hydroxylation is 1. The minimum absolute atomic E-state index is 0.0700. The number of hydrogen-bond acceptors (Lipinski definition) is 5. The molecular formula is C22H23N3O5. The minimum atomic E-state index is -1.09. The molecule has 3 rings (SSSR count). The topological polar surface area (TPSA) is 121 Å². The number of carbonyl (C=O) groups is 2. The summed E-state index contributed by atoms with van der Waals surface area (Å²) in [6.07, 6.45) is 2.03. The lowest BCUT2D eigenvalue weighted by Gasteiger charge is -2.14. The van der Waals surface area contributed by atoms with E-state index in [1.54, 1.807) is 12.1 Å². The van der Waals surface area contributed by atoms with Crippen molar-refractivity contribution in [3.63, 3.8) is 0 Å². The summed E-state index contributed by atoms with van der Waals surface area (Å²) in [7, 11) is 1.53. The van der Waals surface area contributed by atoms with Crippen LogP contribution < -0.4 is 16.2 Å². The largest absolute Gasteiger partial charge is 0.506 e. The van der Waals surface area contributed by atoms with Gasteiger partial charge < -0.3 is 25.4 Å². The third-order valence-electron chi connectivity index (χ3n) is 4.84. The molecule has 0 atom stereocenters. The first-order valence-corrected chi connectivity index (χ1v) is 9.57. The van der Waals surface area contributed by atoms with Gasteiger partial charge in [0.15, 0.2) is 0 Å². The molecule has 0 unspecified atom stereocenters. The number of nitrogens with one attached hydrogen (secondary N) is 2. The normalized spacial score (nSPS) is 10.7. The van der Waals surface area contributed by atoms with Crippen molar-refractivity contribution in [2.24, 2.45) is 7.05 Å². The van der Waals surface area contributed by atoms with Crippen LogP contribution in [0.4, 0.5) is 11.4 Å². The zero-order valence-electron chi connectivity index (χ0n) is 16.7. The van der Waals surface area contributed by atoms with Gasteiger partial charge in [-0.2, -0.15) is 0 Å². The van der Waals surface area contributed by atoms with Crippen LogP contribution in [0.3, 0.4) is 0 Å². The summed E-state index contributed by atoms with van der Waals surface area (Å²) in [4.78, 5) is 36.4. The summed E-state index contributed by atoms with van der Waals surface area (Å²) in [6, 6.07) is 10.8. The van der Waals surface area contributed by atoms with Gasteiger partial charge in [-0.1, -0.05) is 13.3 Å². The number of benzene rings is 2. The summed E-state index contributed by atoms with van der Waals surface area (Å²) in [5, 5.41) is 25.9. The number of aromatic carboxylic acids is 1. The van der Waals surface area contributed by atoms with Gasteiger partial charge in [0.25, 0.3) is 11.5 Å². The number of hydrogen-bond donors (Lipinski definition) is 4. The number of rotatable bonds is 7. The first-order chi connectivity index (χ1) is 14.3. The number of pyridine rings is 1. The fourth-order valence-electron chi connectivity index (χ4n) is 3.15. The fraction of sp³-hybridized carbons (Fsp3) is 0.227. The van der Waals surface area contributed by atoms with Gasteiger partial charge in [0.05, 0.1) is 11.1 Å². The smallest absolute Gasteiger partial charge is 0.335 e. The summed E-state index contributed by atoms with van der Waals surface area (Å²) in [5.74, 6) is -2.26. The highest BCUT2D eigenvalue weighted by Gasteiger charge is 2.21. The molecule has 2 aromatic carbocycles. The molecule has 3 aromatic rings. The second-order valence-electron chi connectivity index (χ2n) is 6.94. The summed E-state index contributed by atoms with van der Waals surface area (Å²) in [6.45, 7) is 2.86. The molecule has 8 heteroatoms. The van der Waals surface area contributed by atoms with Crippen molar-refractivity contribution >= 4 is 34.2 Å². The molecule has 0 aliphatic carbocycles. The first-order valence-electron chi connectivity index (χ1n) is 9.57. The molecule has 0 saturated heterocycles. The zero-order valence-corrected chi connectivity index (χ0v) is 16.7. The molecule has 30 heavy (non-hydrogen) atoms. The maximum atomic E-state index is 12.7. The Kier molecular flexibility index (Phi) is 6.06. The molecule has 1 heterocycles. The molecule has 4 N–H and O–H groups in total. The number of carbonyl (C=O) groups excluding carboxylic acids is 1. The molecule has 0 spiro atoms. The average Bonchev–Trinajstić information content (AvgIpc) is 2.73. The Hall–Kier alpha value is -3.81. The SMILES string of the molecule is CCCCNc1ccc2c(c1)c(O)c(C(=O)Nc1ccc(C(=O)O)cc1)c(=O)n2C.